The molecule has 0 aromatic carbocycles. The highest BCUT2D eigenvalue weighted by atomic mass is 16.5. The summed E-state index contributed by atoms with van der Waals surface area (Å²) in [5, 5.41) is 2.88. The first kappa shape index (κ1) is 12.0. The number of pyridine rings is 1. The molecule has 110 valence electrons. The Kier molecular flexibility index (Phi) is 1.95. The van der Waals surface area contributed by atoms with E-state index >= 15 is 0 Å². The summed E-state index contributed by atoms with van der Waals surface area (Å²) >= 11 is 0. The fourth-order valence-electron chi connectivity index (χ4n) is 4.33. The van der Waals surface area contributed by atoms with Crippen molar-refractivity contribution < 1.29 is 14.3 Å². The van der Waals surface area contributed by atoms with Gasteiger partial charge in [0.05, 0.1) is 5.54 Å². The van der Waals surface area contributed by atoms with Gasteiger partial charge in [-0.25, -0.2) is 9.78 Å². The molecule has 4 aliphatic rings. The molecule has 1 atom stereocenters. The Labute approximate surface area is 126 Å². The summed E-state index contributed by atoms with van der Waals surface area (Å²) in [4.78, 5) is 31.3. The average molecular weight is 295 g/mol. The van der Waals surface area contributed by atoms with Gasteiger partial charge in [-0.15, -0.1) is 0 Å². The lowest BCUT2D eigenvalue weighted by molar-refractivity contribution is -0.138. The second-order valence-corrected chi connectivity index (χ2v) is 6.14. The second kappa shape index (κ2) is 3.58. The minimum absolute atomic E-state index is 0.107. The van der Waals surface area contributed by atoms with Crippen LogP contribution in [0.2, 0.25) is 0 Å². The molecule has 1 aromatic rings. The van der Waals surface area contributed by atoms with Crippen LogP contribution in [0.5, 0.6) is 0 Å². The van der Waals surface area contributed by atoms with Crippen LogP contribution >= 0.6 is 0 Å². The number of carbonyl (C=O) groups is 2. The van der Waals surface area contributed by atoms with Gasteiger partial charge in [0.15, 0.2) is 0 Å². The summed E-state index contributed by atoms with van der Waals surface area (Å²) in [6, 6.07) is 3.75. The van der Waals surface area contributed by atoms with Gasteiger partial charge in [-0.2, -0.15) is 0 Å². The van der Waals surface area contributed by atoms with Crippen molar-refractivity contribution in [2.24, 2.45) is 0 Å². The van der Waals surface area contributed by atoms with E-state index in [9.17, 15) is 9.59 Å². The number of amides is 1. The van der Waals surface area contributed by atoms with Gasteiger partial charge in [0.2, 0.25) is 5.91 Å². The fraction of sp³-hybridized carbons (Fsp3) is 0.312. The van der Waals surface area contributed by atoms with Gasteiger partial charge >= 0.3 is 5.97 Å². The van der Waals surface area contributed by atoms with E-state index in [1.54, 1.807) is 18.5 Å². The van der Waals surface area contributed by atoms with E-state index in [1.165, 1.54) is 6.26 Å². The molecule has 2 spiro atoms. The van der Waals surface area contributed by atoms with Gasteiger partial charge in [0, 0.05) is 18.0 Å². The molecule has 22 heavy (non-hydrogen) atoms. The molecule has 1 saturated carbocycles. The highest BCUT2D eigenvalue weighted by Gasteiger charge is 2.69. The van der Waals surface area contributed by atoms with Crippen molar-refractivity contribution in [2.75, 3.05) is 5.32 Å². The molecule has 1 unspecified atom stereocenters. The van der Waals surface area contributed by atoms with Crippen molar-refractivity contribution >= 4 is 17.7 Å². The SMILES string of the molecule is O=C1OC=CN2C1=CC1(C(=O)Nc3ncccc31)C21CCC1. The predicted octanol–water partition coefficient (Wildman–Crippen LogP) is 1.42. The van der Waals surface area contributed by atoms with Crippen molar-refractivity contribution in [3.05, 3.63) is 48.1 Å². The monoisotopic (exact) mass is 295 g/mol. The third-order valence-electron chi connectivity index (χ3n) is 5.41. The third kappa shape index (κ3) is 1.06. The smallest absolute Gasteiger partial charge is 0.359 e. The molecule has 4 heterocycles. The third-order valence-corrected chi connectivity index (χ3v) is 5.41. The molecule has 0 bridgehead atoms. The van der Waals surface area contributed by atoms with Crippen LogP contribution < -0.4 is 5.32 Å². The topological polar surface area (TPSA) is 71.5 Å². The van der Waals surface area contributed by atoms with Crippen molar-refractivity contribution in [3.8, 4) is 0 Å². The van der Waals surface area contributed by atoms with E-state index in [2.05, 4.69) is 10.3 Å². The van der Waals surface area contributed by atoms with Crippen LogP contribution in [-0.2, 0) is 19.7 Å². The first-order valence-electron chi connectivity index (χ1n) is 7.36. The lowest BCUT2D eigenvalue weighted by Crippen LogP contribution is -2.63. The van der Waals surface area contributed by atoms with E-state index < -0.39 is 16.9 Å². The maximum atomic E-state index is 12.9. The van der Waals surface area contributed by atoms with Gasteiger partial charge in [-0.1, -0.05) is 6.07 Å². The van der Waals surface area contributed by atoms with Crippen molar-refractivity contribution in [3.63, 3.8) is 0 Å². The van der Waals surface area contributed by atoms with Crippen LogP contribution in [0.25, 0.3) is 0 Å². The lowest BCUT2D eigenvalue weighted by Gasteiger charge is -2.53. The Morgan fingerprint density at radius 2 is 2.18 bits per heavy atom. The highest BCUT2D eigenvalue weighted by Crippen LogP contribution is 2.61. The van der Waals surface area contributed by atoms with Gasteiger partial charge in [0.25, 0.3) is 0 Å². The summed E-state index contributed by atoms with van der Waals surface area (Å²) in [5.41, 5.74) is 0.0194. The molecule has 1 amide bonds. The standard InChI is InChI=1S/C16H13N3O3/c20-13-11-9-16(10-3-1-6-17-12(10)18-14(16)21)15(4-2-5-15)19(11)7-8-22-13/h1,3,6-9H,2,4-5H2,(H,17,18,21). The minimum Gasteiger partial charge on any atom is -0.428 e. The molecular weight excluding hydrogens is 282 g/mol. The van der Waals surface area contributed by atoms with Crippen LogP contribution in [0.4, 0.5) is 5.82 Å². The van der Waals surface area contributed by atoms with E-state index in [1.807, 2.05) is 17.0 Å². The zero-order chi connectivity index (χ0) is 14.9. The number of anilines is 1. The Morgan fingerprint density at radius 3 is 2.95 bits per heavy atom. The van der Waals surface area contributed by atoms with E-state index in [0.717, 1.165) is 24.8 Å². The van der Waals surface area contributed by atoms with Gasteiger partial charge in [-0.05, 0) is 31.4 Å². The van der Waals surface area contributed by atoms with Gasteiger partial charge < -0.3 is 15.0 Å². The maximum absolute atomic E-state index is 12.9. The van der Waals surface area contributed by atoms with Gasteiger partial charge in [-0.3, -0.25) is 4.79 Å². The fourth-order valence-corrected chi connectivity index (χ4v) is 4.33. The van der Waals surface area contributed by atoms with E-state index in [-0.39, 0.29) is 5.91 Å². The summed E-state index contributed by atoms with van der Waals surface area (Å²) in [6.45, 7) is 0. The molecule has 6 heteroatoms. The molecule has 3 aliphatic heterocycles. The summed E-state index contributed by atoms with van der Waals surface area (Å²) in [7, 11) is 0. The molecule has 6 nitrogen and oxygen atoms in total. The maximum Gasteiger partial charge on any atom is 0.359 e. The molecule has 1 aromatic heterocycles. The minimum atomic E-state index is -0.863. The van der Waals surface area contributed by atoms with Crippen LogP contribution in [0.3, 0.4) is 0 Å². The molecular formula is C16H13N3O3. The average Bonchev–Trinajstić information content (AvgIpc) is 2.94. The number of ether oxygens (including phenoxy) is 1. The molecule has 0 saturated heterocycles. The van der Waals surface area contributed by atoms with Crippen LogP contribution in [0, 0.1) is 0 Å². The molecule has 0 radical (unpaired) electrons. The first-order chi connectivity index (χ1) is 10.7. The van der Waals surface area contributed by atoms with Crippen LogP contribution in [0.1, 0.15) is 24.8 Å². The van der Waals surface area contributed by atoms with Crippen LogP contribution in [0.15, 0.2) is 42.6 Å². The van der Waals surface area contributed by atoms with Crippen LogP contribution in [-0.4, -0.2) is 27.3 Å². The quantitative estimate of drug-likeness (QED) is 0.733. The summed E-state index contributed by atoms with van der Waals surface area (Å²) in [5.74, 6) is 0.0765. The molecule has 5 rings (SSSR count). The lowest BCUT2D eigenvalue weighted by atomic mass is 9.57. The number of fused-ring (bicyclic) bond motifs is 5. The van der Waals surface area contributed by atoms with Crippen molar-refractivity contribution in [2.45, 2.75) is 30.2 Å². The summed E-state index contributed by atoms with van der Waals surface area (Å²) in [6.07, 6.45) is 9.35. The summed E-state index contributed by atoms with van der Waals surface area (Å²) < 4.78 is 5.00. The number of hydrogen-bond acceptors (Lipinski definition) is 5. The number of hydrogen-bond donors (Lipinski definition) is 1. The number of esters is 1. The number of nitrogens with zero attached hydrogens (tertiary/aromatic N) is 2. The molecule has 1 N–H and O–H groups in total. The predicted molar refractivity (Wildman–Crippen MR) is 76.3 cm³/mol. The Balaban J connectivity index is 1.82. The van der Waals surface area contributed by atoms with E-state index in [0.29, 0.717) is 11.5 Å². The Hall–Kier alpha value is -2.63. The number of rotatable bonds is 0. The zero-order valence-corrected chi connectivity index (χ0v) is 11.7. The molecule has 1 aliphatic carbocycles. The Bertz CT molecular complexity index is 794. The number of carbonyl (C=O) groups excluding carboxylic acids is 2. The largest absolute Gasteiger partial charge is 0.428 e. The Morgan fingerprint density at radius 1 is 1.32 bits per heavy atom. The number of nitrogens with one attached hydrogen (secondary N) is 1. The molecule has 1 fully saturated rings. The van der Waals surface area contributed by atoms with Gasteiger partial charge in [0.1, 0.15) is 23.2 Å². The van der Waals surface area contributed by atoms with Crippen molar-refractivity contribution in [1.82, 2.24) is 9.88 Å². The number of aromatic nitrogens is 1. The zero-order valence-electron chi connectivity index (χ0n) is 11.7. The first-order valence-corrected chi connectivity index (χ1v) is 7.36. The van der Waals surface area contributed by atoms with Crippen molar-refractivity contribution in [1.29, 1.82) is 0 Å². The van der Waals surface area contributed by atoms with E-state index in [4.69, 9.17) is 4.74 Å². The highest BCUT2D eigenvalue weighted by molar-refractivity contribution is 6.10. The normalized spacial score (nSPS) is 29.8. The second-order valence-electron chi connectivity index (χ2n) is 6.14. The number of cyclic esters (lactones) is 1.